The summed E-state index contributed by atoms with van der Waals surface area (Å²) in [6.07, 6.45) is 0.891. The largest absolute Gasteiger partial charge is 0.368 e. The van der Waals surface area contributed by atoms with Gasteiger partial charge in [0.05, 0.1) is 10.9 Å². The highest BCUT2D eigenvalue weighted by Gasteiger charge is 2.35. The molecular weight excluding hydrogens is 284 g/mol. The smallest absolute Gasteiger partial charge is 0.251 e. The van der Waals surface area contributed by atoms with Crippen LogP contribution in [0.15, 0.2) is 5.10 Å². The van der Waals surface area contributed by atoms with Crippen molar-refractivity contribution >= 4 is 33.5 Å². The summed E-state index contributed by atoms with van der Waals surface area (Å²) >= 11 is 3.31. The second kappa shape index (κ2) is 4.21. The number of hydrogen-bond acceptors (Lipinski definition) is 6. The minimum absolute atomic E-state index is 0.124. The minimum Gasteiger partial charge on any atom is -0.368 e. The van der Waals surface area contributed by atoms with E-state index in [9.17, 15) is 0 Å². The fraction of sp³-hybridized carbons (Fsp3) is 0.600. The third-order valence-corrected chi connectivity index (χ3v) is 3.03. The van der Waals surface area contributed by atoms with Gasteiger partial charge in [-0.15, -0.1) is 0 Å². The van der Waals surface area contributed by atoms with Crippen molar-refractivity contribution in [1.82, 2.24) is 15.0 Å². The summed E-state index contributed by atoms with van der Waals surface area (Å²) in [6.45, 7) is 6.19. The van der Waals surface area contributed by atoms with Crippen LogP contribution in [0.4, 0.5) is 11.9 Å². The Bertz CT molecular complexity index is 470. The zero-order valence-electron chi connectivity index (χ0n) is 10.1. The molecule has 1 aromatic rings. The fourth-order valence-corrected chi connectivity index (χ4v) is 2.19. The van der Waals surface area contributed by atoms with Gasteiger partial charge in [-0.3, -0.25) is 0 Å². The quantitative estimate of drug-likeness (QED) is 0.841. The molecule has 0 atom stereocenters. The molecule has 17 heavy (non-hydrogen) atoms. The van der Waals surface area contributed by atoms with Crippen LogP contribution in [0, 0.1) is 0 Å². The molecule has 1 aliphatic heterocycles. The van der Waals surface area contributed by atoms with E-state index < -0.39 is 0 Å². The lowest BCUT2D eigenvalue weighted by atomic mass is 9.99. The molecule has 0 fully saturated rings. The van der Waals surface area contributed by atoms with Crippen LogP contribution >= 0.6 is 15.9 Å². The molecule has 6 nitrogen and oxygen atoms in total. The lowest BCUT2D eigenvalue weighted by Gasteiger charge is -2.28. The van der Waals surface area contributed by atoms with Crippen molar-refractivity contribution in [1.29, 1.82) is 0 Å². The first-order valence-electron chi connectivity index (χ1n) is 5.33. The Kier molecular flexibility index (Phi) is 3.03. The van der Waals surface area contributed by atoms with Crippen molar-refractivity contribution in [2.75, 3.05) is 10.7 Å². The number of rotatable bonds is 2. The van der Waals surface area contributed by atoms with E-state index in [1.54, 1.807) is 0 Å². The molecule has 92 valence electrons. The van der Waals surface area contributed by atoms with Crippen molar-refractivity contribution in [2.24, 2.45) is 5.10 Å². The zero-order chi connectivity index (χ0) is 12.6. The Balaban J connectivity index is 2.43. The van der Waals surface area contributed by atoms with Crippen LogP contribution in [0.5, 0.6) is 0 Å². The van der Waals surface area contributed by atoms with E-state index in [0.717, 1.165) is 12.1 Å². The van der Waals surface area contributed by atoms with Crippen molar-refractivity contribution in [3.63, 3.8) is 0 Å². The average Bonchev–Trinajstić information content (AvgIpc) is 2.51. The third-order valence-electron chi connectivity index (χ3n) is 2.53. The van der Waals surface area contributed by atoms with E-state index in [1.807, 2.05) is 11.9 Å². The lowest BCUT2D eigenvalue weighted by molar-refractivity contribution is 0.505. The number of nitrogen functional groups attached to an aromatic ring is 1. The second-order valence-electron chi connectivity index (χ2n) is 4.68. The monoisotopic (exact) mass is 298 g/mol. The standard InChI is InChI=1S/C10H15BrN6/c1-6-4-10(2,3)17(16-6)9-14-7(5-11)13-8(12)15-9/h4-5H2,1-3H3,(H2,12,13,14,15). The minimum atomic E-state index is -0.124. The van der Waals surface area contributed by atoms with Crippen LogP contribution in [-0.2, 0) is 5.33 Å². The van der Waals surface area contributed by atoms with Gasteiger partial charge in [0.25, 0.3) is 5.95 Å². The Morgan fingerprint density at radius 3 is 2.59 bits per heavy atom. The summed E-state index contributed by atoms with van der Waals surface area (Å²) in [6, 6.07) is 0. The van der Waals surface area contributed by atoms with Crippen LogP contribution in [0.3, 0.4) is 0 Å². The van der Waals surface area contributed by atoms with Crippen LogP contribution < -0.4 is 10.7 Å². The predicted molar refractivity (Wildman–Crippen MR) is 71.2 cm³/mol. The molecule has 0 saturated heterocycles. The number of alkyl halides is 1. The second-order valence-corrected chi connectivity index (χ2v) is 5.24. The van der Waals surface area contributed by atoms with Gasteiger partial charge in [-0.25, -0.2) is 5.01 Å². The Morgan fingerprint density at radius 2 is 2.06 bits per heavy atom. The van der Waals surface area contributed by atoms with Gasteiger partial charge in [-0.2, -0.15) is 20.1 Å². The highest BCUT2D eigenvalue weighted by atomic mass is 79.9. The first-order valence-corrected chi connectivity index (χ1v) is 6.45. The number of halogens is 1. The summed E-state index contributed by atoms with van der Waals surface area (Å²) in [5, 5.41) is 6.81. The molecule has 0 unspecified atom stereocenters. The van der Waals surface area contributed by atoms with Crippen LogP contribution in [-0.4, -0.2) is 26.2 Å². The topological polar surface area (TPSA) is 80.3 Å². The number of anilines is 2. The van der Waals surface area contributed by atoms with Gasteiger partial charge in [0.15, 0.2) is 0 Å². The zero-order valence-corrected chi connectivity index (χ0v) is 11.7. The number of hydrogen-bond donors (Lipinski definition) is 1. The maximum absolute atomic E-state index is 5.67. The first kappa shape index (κ1) is 12.2. The maximum atomic E-state index is 5.67. The van der Waals surface area contributed by atoms with Crippen LogP contribution in [0.1, 0.15) is 33.0 Å². The molecular formula is C10H15BrN6. The molecule has 1 aromatic heterocycles. The predicted octanol–water partition coefficient (Wildman–Crippen LogP) is 1.71. The molecule has 0 radical (unpaired) electrons. The summed E-state index contributed by atoms with van der Waals surface area (Å²) in [4.78, 5) is 12.5. The summed E-state index contributed by atoms with van der Waals surface area (Å²) in [5.74, 6) is 1.34. The van der Waals surface area contributed by atoms with E-state index in [4.69, 9.17) is 5.73 Å². The molecule has 1 aliphatic rings. The SMILES string of the molecule is CC1=NN(c2nc(N)nc(CBr)n2)C(C)(C)C1. The Hall–Kier alpha value is -1.24. The molecule has 2 N–H and O–H groups in total. The van der Waals surface area contributed by atoms with Gasteiger partial charge >= 0.3 is 0 Å². The molecule has 0 aromatic carbocycles. The Morgan fingerprint density at radius 1 is 1.35 bits per heavy atom. The first-order chi connectivity index (χ1) is 7.92. The van der Waals surface area contributed by atoms with Crippen molar-refractivity contribution in [3.05, 3.63) is 5.82 Å². The van der Waals surface area contributed by atoms with Gasteiger partial charge in [0.1, 0.15) is 5.82 Å². The van der Waals surface area contributed by atoms with Gasteiger partial charge in [0, 0.05) is 12.1 Å². The van der Waals surface area contributed by atoms with E-state index in [2.05, 4.69) is 49.8 Å². The van der Waals surface area contributed by atoms with E-state index in [1.165, 1.54) is 0 Å². The molecule has 0 spiro atoms. The number of aromatic nitrogens is 3. The number of hydrazone groups is 1. The van der Waals surface area contributed by atoms with Gasteiger partial charge < -0.3 is 5.73 Å². The van der Waals surface area contributed by atoms with Crippen molar-refractivity contribution < 1.29 is 0 Å². The Labute approximate surface area is 108 Å². The average molecular weight is 299 g/mol. The van der Waals surface area contributed by atoms with E-state index in [0.29, 0.717) is 17.1 Å². The summed E-state index contributed by atoms with van der Waals surface area (Å²) in [7, 11) is 0. The molecule has 2 heterocycles. The van der Waals surface area contributed by atoms with Crippen LogP contribution in [0.25, 0.3) is 0 Å². The molecule has 0 bridgehead atoms. The fourth-order valence-electron chi connectivity index (χ4n) is 1.94. The normalized spacial score (nSPS) is 18.4. The summed E-state index contributed by atoms with van der Waals surface area (Å²) < 4.78 is 0. The third kappa shape index (κ3) is 2.38. The highest BCUT2D eigenvalue weighted by Crippen LogP contribution is 2.30. The molecule has 7 heteroatoms. The number of nitrogens with two attached hydrogens (primary N) is 1. The molecule has 0 amide bonds. The van der Waals surface area contributed by atoms with Gasteiger partial charge in [0.2, 0.25) is 5.95 Å². The van der Waals surface area contributed by atoms with Gasteiger partial charge in [-0.05, 0) is 20.8 Å². The highest BCUT2D eigenvalue weighted by molar-refractivity contribution is 9.08. The van der Waals surface area contributed by atoms with Crippen molar-refractivity contribution in [3.8, 4) is 0 Å². The lowest BCUT2D eigenvalue weighted by Crippen LogP contribution is -2.37. The van der Waals surface area contributed by atoms with Crippen LogP contribution in [0.2, 0.25) is 0 Å². The molecule has 0 saturated carbocycles. The summed E-state index contributed by atoms with van der Waals surface area (Å²) in [5.41, 5.74) is 6.61. The molecule has 2 rings (SSSR count). The van der Waals surface area contributed by atoms with E-state index >= 15 is 0 Å². The number of nitrogens with zero attached hydrogens (tertiary/aromatic N) is 5. The maximum Gasteiger partial charge on any atom is 0.251 e. The van der Waals surface area contributed by atoms with Gasteiger partial charge in [-0.1, -0.05) is 15.9 Å². The van der Waals surface area contributed by atoms with Crippen molar-refractivity contribution in [2.45, 2.75) is 38.1 Å². The van der Waals surface area contributed by atoms with E-state index in [-0.39, 0.29) is 11.5 Å². The molecule has 0 aliphatic carbocycles.